The predicted molar refractivity (Wildman–Crippen MR) is 43.3 cm³/mol. The van der Waals surface area contributed by atoms with Crippen LogP contribution in [0.15, 0.2) is 25.3 Å². The van der Waals surface area contributed by atoms with E-state index in [9.17, 15) is 9.36 Å². The van der Waals surface area contributed by atoms with Gasteiger partial charge < -0.3 is 4.89 Å². The molecule has 0 aliphatic rings. The van der Waals surface area contributed by atoms with Gasteiger partial charge >= 0.3 is 13.8 Å². The van der Waals surface area contributed by atoms with Crippen LogP contribution in [0.3, 0.4) is 0 Å². The van der Waals surface area contributed by atoms with Crippen LogP contribution in [-0.2, 0) is 23.4 Å². The average molecular weight is 208 g/mol. The highest BCUT2D eigenvalue weighted by atomic mass is 31.2. The Hall–Kier alpha value is -0.940. The van der Waals surface area contributed by atoms with Gasteiger partial charge in [-0.15, -0.1) is 6.58 Å². The lowest BCUT2D eigenvalue weighted by Gasteiger charge is -2.07. The summed E-state index contributed by atoms with van der Waals surface area (Å²) in [5.74, 6) is -0.989. The Labute approximate surface area is 75.0 Å². The number of phosphoric ester groups is 1. The van der Waals surface area contributed by atoms with Gasteiger partial charge in [0, 0.05) is 6.08 Å². The van der Waals surface area contributed by atoms with Gasteiger partial charge in [-0.2, -0.15) is 0 Å². The Morgan fingerprint density at radius 2 is 2.15 bits per heavy atom. The summed E-state index contributed by atoms with van der Waals surface area (Å²) in [6, 6.07) is 0. The molecule has 0 amide bonds. The fourth-order valence-electron chi connectivity index (χ4n) is 0.286. The van der Waals surface area contributed by atoms with E-state index in [4.69, 9.17) is 4.89 Å². The van der Waals surface area contributed by atoms with Crippen LogP contribution in [0.5, 0.6) is 0 Å². The van der Waals surface area contributed by atoms with E-state index < -0.39 is 13.8 Å². The van der Waals surface area contributed by atoms with Gasteiger partial charge in [-0.3, -0.25) is 9.41 Å². The van der Waals surface area contributed by atoms with Crippen LogP contribution in [0.1, 0.15) is 0 Å². The number of carbonyl (C=O) groups excluding carboxylic acids is 1. The zero-order valence-electron chi connectivity index (χ0n) is 6.71. The highest BCUT2D eigenvalue weighted by Crippen LogP contribution is 2.43. The topological polar surface area (TPSA) is 82.1 Å². The molecule has 0 aliphatic carbocycles. The van der Waals surface area contributed by atoms with Gasteiger partial charge in [-0.25, -0.2) is 9.36 Å². The third kappa shape index (κ3) is 6.24. The molecule has 74 valence electrons. The van der Waals surface area contributed by atoms with Crippen molar-refractivity contribution < 1.29 is 28.3 Å². The van der Waals surface area contributed by atoms with Crippen molar-refractivity contribution in [3.8, 4) is 0 Å². The fraction of sp³-hybridized carbons (Fsp3) is 0.167. The molecule has 1 N–H and O–H groups in total. The Bertz CT molecular complexity index is 248. The van der Waals surface area contributed by atoms with Gasteiger partial charge in [0.1, 0.15) is 0 Å². The molecule has 0 fully saturated rings. The lowest BCUT2D eigenvalue weighted by molar-refractivity contribution is -0.217. The lowest BCUT2D eigenvalue weighted by Crippen LogP contribution is -2.02. The summed E-state index contributed by atoms with van der Waals surface area (Å²) in [6.45, 7) is 6.08. The maximum Gasteiger partial charge on any atom is 0.508 e. The van der Waals surface area contributed by atoms with Gasteiger partial charge in [-0.1, -0.05) is 17.3 Å². The van der Waals surface area contributed by atoms with Crippen molar-refractivity contribution in [1.29, 1.82) is 0 Å². The molecule has 0 aromatic heterocycles. The fourth-order valence-corrected chi connectivity index (χ4v) is 0.791. The van der Waals surface area contributed by atoms with E-state index in [2.05, 4.69) is 27.2 Å². The highest BCUT2D eigenvalue weighted by Gasteiger charge is 2.23. The van der Waals surface area contributed by atoms with Gasteiger partial charge in [0.15, 0.2) is 0 Å². The molecule has 0 aromatic rings. The van der Waals surface area contributed by atoms with Crippen molar-refractivity contribution in [2.24, 2.45) is 0 Å². The summed E-state index contributed by atoms with van der Waals surface area (Å²) >= 11 is 0. The van der Waals surface area contributed by atoms with Crippen LogP contribution in [0, 0.1) is 0 Å². The minimum Gasteiger partial charge on any atom is -0.300 e. The molecule has 1 atom stereocenters. The molecule has 0 aliphatic heterocycles. The van der Waals surface area contributed by atoms with Crippen LogP contribution >= 0.6 is 7.82 Å². The van der Waals surface area contributed by atoms with E-state index in [0.29, 0.717) is 0 Å². The van der Waals surface area contributed by atoms with Crippen molar-refractivity contribution in [3.05, 3.63) is 25.3 Å². The molecule has 0 bridgehead atoms. The van der Waals surface area contributed by atoms with Crippen LogP contribution < -0.4 is 0 Å². The molecule has 0 rings (SSSR count). The van der Waals surface area contributed by atoms with Crippen LogP contribution in [-0.4, -0.2) is 17.5 Å². The Kier molecular flexibility index (Phi) is 5.25. The quantitative estimate of drug-likeness (QED) is 0.230. The number of rotatable bonds is 6. The standard InChI is InChI=1S/C6H9O6P/c1-3-5-10-13(8,9)12-11-6(7)4-2/h3-4H,1-2,5H2,(H,8,9). The van der Waals surface area contributed by atoms with Crippen molar-refractivity contribution in [2.75, 3.05) is 6.61 Å². The minimum absolute atomic E-state index is 0.195. The molecule has 13 heavy (non-hydrogen) atoms. The summed E-state index contributed by atoms with van der Waals surface area (Å²) in [4.78, 5) is 22.9. The number of carbonyl (C=O) groups is 1. The maximum atomic E-state index is 10.7. The summed E-state index contributed by atoms with van der Waals surface area (Å²) in [5, 5.41) is 0. The Morgan fingerprint density at radius 1 is 1.54 bits per heavy atom. The van der Waals surface area contributed by atoms with E-state index in [0.717, 1.165) is 6.08 Å². The molecular weight excluding hydrogens is 199 g/mol. The van der Waals surface area contributed by atoms with Crippen molar-refractivity contribution in [3.63, 3.8) is 0 Å². The second-order valence-corrected chi connectivity index (χ2v) is 3.08. The maximum absolute atomic E-state index is 10.7. The van der Waals surface area contributed by atoms with E-state index in [-0.39, 0.29) is 6.61 Å². The van der Waals surface area contributed by atoms with Crippen LogP contribution in [0.2, 0.25) is 0 Å². The molecular formula is C6H9O6P. The van der Waals surface area contributed by atoms with E-state index >= 15 is 0 Å². The van der Waals surface area contributed by atoms with Crippen molar-refractivity contribution >= 4 is 13.8 Å². The number of phosphoric acid groups is 1. The predicted octanol–water partition coefficient (Wildman–Crippen LogP) is 0.950. The minimum atomic E-state index is -4.34. The third-order valence-corrected chi connectivity index (χ3v) is 1.47. The normalized spacial score (nSPS) is 14.2. The first-order valence-corrected chi connectivity index (χ1v) is 4.62. The smallest absolute Gasteiger partial charge is 0.300 e. The second-order valence-electron chi connectivity index (χ2n) is 1.73. The largest absolute Gasteiger partial charge is 0.508 e. The average Bonchev–Trinajstić information content (AvgIpc) is 2.11. The van der Waals surface area contributed by atoms with Crippen LogP contribution in [0.25, 0.3) is 0 Å². The third-order valence-electron chi connectivity index (χ3n) is 0.736. The molecule has 7 heteroatoms. The summed E-state index contributed by atoms with van der Waals surface area (Å²) in [7, 11) is -4.34. The molecule has 0 heterocycles. The number of hydrogen-bond donors (Lipinski definition) is 1. The molecule has 0 spiro atoms. The van der Waals surface area contributed by atoms with Crippen LogP contribution in [0.4, 0.5) is 0 Å². The first-order chi connectivity index (χ1) is 6.02. The Morgan fingerprint density at radius 3 is 2.62 bits per heavy atom. The molecule has 0 saturated heterocycles. The lowest BCUT2D eigenvalue weighted by atomic mass is 10.7. The molecule has 0 radical (unpaired) electrons. The van der Waals surface area contributed by atoms with Gasteiger partial charge in [-0.05, 0) is 0 Å². The molecule has 6 nitrogen and oxygen atoms in total. The number of hydrogen-bond acceptors (Lipinski definition) is 5. The molecule has 0 aromatic carbocycles. The molecule has 1 unspecified atom stereocenters. The first kappa shape index (κ1) is 12.1. The van der Waals surface area contributed by atoms with Gasteiger partial charge in [0.2, 0.25) is 0 Å². The zero-order chi connectivity index (χ0) is 10.3. The summed E-state index contributed by atoms with van der Waals surface area (Å²) in [5.41, 5.74) is 0. The van der Waals surface area contributed by atoms with Crippen molar-refractivity contribution in [1.82, 2.24) is 0 Å². The van der Waals surface area contributed by atoms with E-state index in [1.165, 1.54) is 6.08 Å². The summed E-state index contributed by atoms with van der Waals surface area (Å²) < 4.78 is 18.8. The Balaban J connectivity index is 3.88. The first-order valence-electron chi connectivity index (χ1n) is 3.12. The van der Waals surface area contributed by atoms with Crippen molar-refractivity contribution in [2.45, 2.75) is 0 Å². The van der Waals surface area contributed by atoms with E-state index in [1.807, 2.05) is 0 Å². The van der Waals surface area contributed by atoms with Gasteiger partial charge in [0.05, 0.1) is 6.61 Å². The van der Waals surface area contributed by atoms with E-state index in [1.54, 1.807) is 0 Å². The summed E-state index contributed by atoms with van der Waals surface area (Å²) in [6.07, 6.45) is 2.01. The monoisotopic (exact) mass is 208 g/mol. The highest BCUT2D eigenvalue weighted by molar-refractivity contribution is 7.47. The second kappa shape index (κ2) is 5.66. The SMILES string of the molecule is C=CCOP(=O)(O)OOC(=O)C=C. The van der Waals surface area contributed by atoms with Gasteiger partial charge in [0.25, 0.3) is 0 Å². The zero-order valence-corrected chi connectivity index (χ0v) is 7.61. The molecule has 0 saturated carbocycles.